The number of amides is 2. The first kappa shape index (κ1) is 23.4. The van der Waals surface area contributed by atoms with E-state index in [9.17, 15) is 9.59 Å². The largest absolute Gasteiger partial charge is 0.332 e. The number of hydrogen-bond acceptors (Lipinski definition) is 3. The molecule has 0 atom stereocenters. The Kier molecular flexibility index (Phi) is 7.28. The first-order chi connectivity index (χ1) is 15.1. The lowest BCUT2D eigenvalue weighted by molar-refractivity contribution is 0.0976. The number of carbonyl (C=O) groups excluding carboxylic acids is 2. The van der Waals surface area contributed by atoms with Crippen molar-refractivity contribution >= 4 is 52.1 Å². The molecule has 0 aromatic heterocycles. The van der Waals surface area contributed by atoms with E-state index in [0.717, 1.165) is 0 Å². The van der Waals surface area contributed by atoms with Crippen LogP contribution < -0.4 is 16.0 Å². The third-order valence-electron chi connectivity index (χ3n) is 4.73. The van der Waals surface area contributed by atoms with Crippen molar-refractivity contribution in [2.75, 3.05) is 10.6 Å². The highest BCUT2D eigenvalue weighted by Crippen LogP contribution is 2.22. The molecule has 0 heterocycles. The smallest absolute Gasteiger partial charge is 0.257 e. The molecule has 0 saturated heterocycles. The van der Waals surface area contributed by atoms with Crippen molar-refractivity contribution in [3.05, 3.63) is 94.5 Å². The topological polar surface area (TPSA) is 70.2 Å². The van der Waals surface area contributed by atoms with Crippen molar-refractivity contribution < 1.29 is 9.59 Å². The van der Waals surface area contributed by atoms with Crippen molar-refractivity contribution in [1.82, 2.24) is 5.32 Å². The van der Waals surface area contributed by atoms with E-state index in [1.165, 1.54) is 5.56 Å². The van der Waals surface area contributed by atoms with Gasteiger partial charge in [0.25, 0.3) is 11.8 Å². The number of nitrogens with one attached hydrogen (secondary N) is 3. The normalized spacial score (nSPS) is 10.9. The van der Waals surface area contributed by atoms with Crippen LogP contribution in [0.25, 0.3) is 0 Å². The predicted molar refractivity (Wildman–Crippen MR) is 135 cm³/mol. The van der Waals surface area contributed by atoms with Crippen LogP contribution in [-0.2, 0) is 5.41 Å². The molecule has 3 N–H and O–H groups in total. The molecule has 0 aliphatic heterocycles. The van der Waals surface area contributed by atoms with Gasteiger partial charge in [0, 0.05) is 27.5 Å². The number of rotatable bonds is 4. The van der Waals surface area contributed by atoms with Crippen LogP contribution in [0.1, 0.15) is 47.1 Å². The molecule has 0 saturated carbocycles. The Hall–Kier alpha value is -3.22. The number of carbonyl (C=O) groups is 2. The van der Waals surface area contributed by atoms with Crippen molar-refractivity contribution in [1.29, 1.82) is 0 Å². The molecule has 164 valence electrons. The summed E-state index contributed by atoms with van der Waals surface area (Å²) in [5, 5.41) is 9.06. The summed E-state index contributed by atoms with van der Waals surface area (Å²) in [6.07, 6.45) is 0. The van der Waals surface area contributed by atoms with E-state index in [4.69, 9.17) is 23.8 Å². The summed E-state index contributed by atoms with van der Waals surface area (Å²) in [5.74, 6) is -0.540. The zero-order chi connectivity index (χ0) is 23.3. The minimum Gasteiger partial charge on any atom is -0.332 e. The van der Waals surface area contributed by atoms with Crippen LogP contribution in [0.15, 0.2) is 72.8 Å². The molecule has 3 rings (SSSR count). The number of thiocarbonyl (C=S) groups is 1. The Morgan fingerprint density at radius 3 is 1.94 bits per heavy atom. The Labute approximate surface area is 198 Å². The van der Waals surface area contributed by atoms with Gasteiger partial charge in [-0.3, -0.25) is 14.9 Å². The van der Waals surface area contributed by atoms with E-state index in [1.54, 1.807) is 48.5 Å². The number of anilines is 2. The van der Waals surface area contributed by atoms with Gasteiger partial charge >= 0.3 is 0 Å². The maximum absolute atomic E-state index is 12.5. The summed E-state index contributed by atoms with van der Waals surface area (Å²) in [6.45, 7) is 6.39. The average Bonchev–Trinajstić information content (AvgIpc) is 2.74. The third-order valence-corrected chi connectivity index (χ3v) is 5.17. The van der Waals surface area contributed by atoms with Crippen LogP contribution in [0.5, 0.6) is 0 Å². The van der Waals surface area contributed by atoms with Gasteiger partial charge in [0.05, 0.1) is 0 Å². The maximum Gasteiger partial charge on any atom is 0.257 e. The molecule has 0 aliphatic rings. The highest BCUT2D eigenvalue weighted by Gasteiger charge is 2.14. The van der Waals surface area contributed by atoms with Gasteiger partial charge < -0.3 is 10.6 Å². The van der Waals surface area contributed by atoms with E-state index in [0.29, 0.717) is 27.5 Å². The minimum atomic E-state index is -0.355. The average molecular weight is 466 g/mol. The second-order valence-corrected chi connectivity index (χ2v) is 9.12. The molecule has 0 fully saturated rings. The third kappa shape index (κ3) is 6.39. The molecule has 7 heteroatoms. The Morgan fingerprint density at radius 2 is 1.38 bits per heavy atom. The van der Waals surface area contributed by atoms with Gasteiger partial charge in [-0.15, -0.1) is 0 Å². The van der Waals surface area contributed by atoms with E-state index in [-0.39, 0.29) is 22.3 Å². The monoisotopic (exact) mass is 465 g/mol. The van der Waals surface area contributed by atoms with E-state index < -0.39 is 0 Å². The van der Waals surface area contributed by atoms with E-state index in [2.05, 4.69) is 36.7 Å². The molecule has 32 heavy (non-hydrogen) atoms. The lowest BCUT2D eigenvalue weighted by Crippen LogP contribution is -2.34. The van der Waals surface area contributed by atoms with E-state index >= 15 is 0 Å². The summed E-state index contributed by atoms with van der Waals surface area (Å²) in [6, 6.07) is 21.2. The zero-order valence-electron chi connectivity index (χ0n) is 18.0. The first-order valence-corrected chi connectivity index (χ1v) is 10.8. The summed E-state index contributed by atoms with van der Waals surface area (Å²) in [7, 11) is 0. The van der Waals surface area contributed by atoms with Crippen LogP contribution in [0.4, 0.5) is 11.4 Å². The van der Waals surface area contributed by atoms with Crippen LogP contribution in [-0.4, -0.2) is 16.9 Å². The Morgan fingerprint density at radius 1 is 0.781 bits per heavy atom. The van der Waals surface area contributed by atoms with Crippen LogP contribution in [0.3, 0.4) is 0 Å². The lowest BCUT2D eigenvalue weighted by atomic mass is 9.87. The number of halogens is 1. The minimum absolute atomic E-state index is 0.0338. The van der Waals surface area contributed by atoms with Gasteiger partial charge in [-0.1, -0.05) is 50.6 Å². The lowest BCUT2D eigenvalue weighted by Gasteiger charge is -2.19. The Bertz CT molecular complexity index is 1140. The van der Waals surface area contributed by atoms with Crippen LogP contribution in [0, 0.1) is 0 Å². The van der Waals surface area contributed by atoms with Crippen molar-refractivity contribution in [2.45, 2.75) is 26.2 Å². The Balaban J connectivity index is 1.56. The van der Waals surface area contributed by atoms with Gasteiger partial charge in [0.1, 0.15) is 0 Å². The zero-order valence-corrected chi connectivity index (χ0v) is 19.6. The molecule has 0 radical (unpaired) electrons. The fraction of sp³-hybridized carbons (Fsp3) is 0.160. The molecule has 5 nitrogen and oxygen atoms in total. The predicted octanol–water partition coefficient (Wildman–Crippen LogP) is 6.02. The second kappa shape index (κ2) is 9.94. The highest BCUT2D eigenvalue weighted by molar-refractivity contribution is 7.80. The molecular weight excluding hydrogens is 442 g/mol. The quantitative estimate of drug-likeness (QED) is 0.412. The van der Waals surface area contributed by atoms with Gasteiger partial charge in [-0.2, -0.15) is 0 Å². The first-order valence-electron chi connectivity index (χ1n) is 10.0. The molecule has 2 amide bonds. The molecule has 0 unspecified atom stereocenters. The standard InChI is InChI=1S/C25H24ClN3O2S/c1-25(2,3)18-9-7-16(8-10-18)22(30)27-20-11-13-21(14-12-20)28-24(32)29-23(31)17-5-4-6-19(26)15-17/h4-15H,1-3H3,(H,27,30)(H2,28,29,31,32). The fourth-order valence-electron chi connectivity index (χ4n) is 2.93. The number of benzene rings is 3. The molecule has 3 aromatic rings. The number of hydrogen-bond donors (Lipinski definition) is 3. The molecular formula is C25H24ClN3O2S. The van der Waals surface area contributed by atoms with Gasteiger partial charge in [-0.25, -0.2) is 0 Å². The fourth-order valence-corrected chi connectivity index (χ4v) is 3.33. The van der Waals surface area contributed by atoms with Crippen LogP contribution in [0.2, 0.25) is 5.02 Å². The van der Waals surface area contributed by atoms with Crippen molar-refractivity contribution in [3.8, 4) is 0 Å². The summed E-state index contributed by atoms with van der Waals surface area (Å²) in [4.78, 5) is 24.8. The van der Waals surface area contributed by atoms with Crippen molar-refractivity contribution in [3.63, 3.8) is 0 Å². The van der Waals surface area contributed by atoms with Gasteiger partial charge in [0.15, 0.2) is 5.11 Å². The molecule has 0 spiro atoms. The second-order valence-electron chi connectivity index (χ2n) is 8.28. The summed E-state index contributed by atoms with van der Waals surface area (Å²) in [5.41, 5.74) is 3.53. The molecule has 0 aliphatic carbocycles. The summed E-state index contributed by atoms with van der Waals surface area (Å²) >= 11 is 11.1. The van der Waals surface area contributed by atoms with Gasteiger partial charge in [0.2, 0.25) is 0 Å². The molecule has 0 bridgehead atoms. The van der Waals surface area contributed by atoms with Crippen LogP contribution >= 0.6 is 23.8 Å². The maximum atomic E-state index is 12.5. The van der Waals surface area contributed by atoms with Gasteiger partial charge in [-0.05, 0) is 77.8 Å². The van der Waals surface area contributed by atoms with E-state index in [1.807, 2.05) is 24.3 Å². The summed E-state index contributed by atoms with van der Waals surface area (Å²) < 4.78 is 0. The SMILES string of the molecule is CC(C)(C)c1ccc(C(=O)Nc2ccc(NC(=S)NC(=O)c3cccc(Cl)c3)cc2)cc1. The molecule has 3 aromatic carbocycles. The van der Waals surface area contributed by atoms with Crippen molar-refractivity contribution in [2.24, 2.45) is 0 Å². The highest BCUT2D eigenvalue weighted by atomic mass is 35.5.